The smallest absolute Gasteiger partial charge is 0.174 e. The molecule has 3 atom stereocenters. The van der Waals surface area contributed by atoms with Crippen molar-refractivity contribution in [3.63, 3.8) is 0 Å². The summed E-state index contributed by atoms with van der Waals surface area (Å²) in [6.45, 7) is 6.94. The zero-order chi connectivity index (χ0) is 17.1. The van der Waals surface area contributed by atoms with Gasteiger partial charge in [0.15, 0.2) is 5.79 Å². The number of aliphatic hydroxyl groups excluding tert-OH is 2. The summed E-state index contributed by atoms with van der Waals surface area (Å²) in [5, 5.41) is 20.1. The Morgan fingerprint density at radius 1 is 1.17 bits per heavy atom. The Bertz CT molecular complexity index is 315. The number of rotatable bonds is 13. The van der Waals surface area contributed by atoms with E-state index in [0.717, 1.165) is 25.7 Å². The molecule has 0 spiro atoms. The van der Waals surface area contributed by atoms with Crippen molar-refractivity contribution in [3.05, 3.63) is 12.7 Å². The van der Waals surface area contributed by atoms with Crippen LogP contribution in [0.25, 0.3) is 0 Å². The maximum Gasteiger partial charge on any atom is 0.174 e. The Balaban J connectivity index is 2.28. The molecule has 1 aliphatic heterocycles. The molecule has 1 fully saturated rings. The number of hydrogen-bond donors (Lipinski definition) is 2. The van der Waals surface area contributed by atoms with Crippen molar-refractivity contribution in [2.75, 3.05) is 20.3 Å². The van der Waals surface area contributed by atoms with Gasteiger partial charge in [0, 0.05) is 20.0 Å². The van der Waals surface area contributed by atoms with E-state index in [2.05, 4.69) is 13.5 Å². The summed E-state index contributed by atoms with van der Waals surface area (Å²) < 4.78 is 16.8. The lowest BCUT2D eigenvalue weighted by molar-refractivity contribution is -0.174. The average Bonchev–Trinajstić information content (AvgIpc) is 2.95. The summed E-state index contributed by atoms with van der Waals surface area (Å²) in [6.07, 6.45) is 6.91. The maximum absolute atomic E-state index is 10.3. The Morgan fingerprint density at radius 2 is 1.87 bits per heavy atom. The van der Waals surface area contributed by atoms with Crippen molar-refractivity contribution in [1.29, 1.82) is 0 Å². The third kappa shape index (κ3) is 7.77. The van der Waals surface area contributed by atoms with Gasteiger partial charge in [0.2, 0.25) is 0 Å². The first kappa shape index (κ1) is 20.6. The van der Waals surface area contributed by atoms with E-state index in [9.17, 15) is 10.2 Å². The topological polar surface area (TPSA) is 68.2 Å². The fourth-order valence-electron chi connectivity index (χ4n) is 3.16. The van der Waals surface area contributed by atoms with E-state index in [0.29, 0.717) is 38.9 Å². The van der Waals surface area contributed by atoms with E-state index in [4.69, 9.17) is 14.2 Å². The van der Waals surface area contributed by atoms with Gasteiger partial charge in [-0.15, -0.1) is 6.58 Å². The normalized spacial score (nSPS) is 21.0. The van der Waals surface area contributed by atoms with Crippen molar-refractivity contribution < 1.29 is 24.4 Å². The monoisotopic (exact) mass is 330 g/mol. The molecule has 5 heteroatoms. The predicted octanol–water partition coefficient (Wildman–Crippen LogP) is 2.79. The zero-order valence-electron chi connectivity index (χ0n) is 14.7. The van der Waals surface area contributed by atoms with E-state index in [1.54, 1.807) is 13.2 Å². The van der Waals surface area contributed by atoms with E-state index in [1.165, 1.54) is 0 Å². The number of ether oxygens (including phenoxy) is 3. The molecule has 0 aromatic carbocycles. The standard InChI is InChI=1S/C18H34O5/c1-4-7-15(19)13-17(21-3)9-6-8-16(20)14-18(10-5-2)22-11-12-23-18/h5,15-17,19-20H,2,4,6-14H2,1,3H3/t15-,16?,17-/m1/s1. The molecular weight excluding hydrogens is 296 g/mol. The minimum Gasteiger partial charge on any atom is -0.393 e. The highest BCUT2D eigenvalue weighted by Crippen LogP contribution is 2.30. The van der Waals surface area contributed by atoms with E-state index in [1.807, 2.05) is 0 Å². The number of aliphatic hydroxyl groups is 2. The molecule has 0 amide bonds. The molecule has 1 unspecified atom stereocenters. The Hall–Kier alpha value is -0.460. The highest BCUT2D eigenvalue weighted by atomic mass is 16.7. The van der Waals surface area contributed by atoms with Crippen LogP contribution in [0.1, 0.15) is 58.3 Å². The van der Waals surface area contributed by atoms with Gasteiger partial charge in [-0.25, -0.2) is 0 Å². The largest absolute Gasteiger partial charge is 0.393 e. The summed E-state index contributed by atoms with van der Waals surface area (Å²) in [6, 6.07) is 0. The molecule has 0 bridgehead atoms. The molecule has 0 aliphatic carbocycles. The highest BCUT2D eigenvalue weighted by molar-refractivity contribution is 4.85. The second-order valence-corrected chi connectivity index (χ2v) is 6.43. The van der Waals surface area contributed by atoms with Gasteiger partial charge < -0.3 is 24.4 Å². The molecule has 1 heterocycles. The van der Waals surface area contributed by atoms with Gasteiger partial charge in [-0.2, -0.15) is 0 Å². The summed E-state index contributed by atoms with van der Waals surface area (Å²) in [5.41, 5.74) is 0. The third-order valence-corrected chi connectivity index (χ3v) is 4.37. The van der Waals surface area contributed by atoms with Gasteiger partial charge in [0.25, 0.3) is 0 Å². The van der Waals surface area contributed by atoms with Crippen LogP contribution in [0.15, 0.2) is 12.7 Å². The lowest BCUT2D eigenvalue weighted by Gasteiger charge is -2.28. The van der Waals surface area contributed by atoms with Crippen LogP contribution >= 0.6 is 0 Å². The van der Waals surface area contributed by atoms with Gasteiger partial charge in [0.1, 0.15) is 0 Å². The molecule has 1 saturated heterocycles. The van der Waals surface area contributed by atoms with E-state index >= 15 is 0 Å². The molecular formula is C18H34O5. The van der Waals surface area contributed by atoms with Gasteiger partial charge in [-0.3, -0.25) is 0 Å². The van der Waals surface area contributed by atoms with Gasteiger partial charge >= 0.3 is 0 Å². The molecule has 2 N–H and O–H groups in total. The fourth-order valence-corrected chi connectivity index (χ4v) is 3.16. The van der Waals surface area contributed by atoms with Crippen LogP contribution in [0.2, 0.25) is 0 Å². The van der Waals surface area contributed by atoms with Crippen LogP contribution in [0.4, 0.5) is 0 Å². The second-order valence-electron chi connectivity index (χ2n) is 6.43. The van der Waals surface area contributed by atoms with Crippen LogP contribution < -0.4 is 0 Å². The number of hydrogen-bond acceptors (Lipinski definition) is 5. The van der Waals surface area contributed by atoms with Crippen molar-refractivity contribution in [2.24, 2.45) is 0 Å². The summed E-state index contributed by atoms with van der Waals surface area (Å²) in [5.74, 6) is -0.695. The van der Waals surface area contributed by atoms with Crippen LogP contribution in [-0.2, 0) is 14.2 Å². The molecule has 0 saturated carbocycles. The second kappa shape index (κ2) is 11.2. The van der Waals surface area contributed by atoms with Crippen LogP contribution in [0.5, 0.6) is 0 Å². The lowest BCUT2D eigenvalue weighted by Crippen LogP contribution is -2.34. The summed E-state index contributed by atoms with van der Waals surface area (Å²) in [7, 11) is 1.68. The average molecular weight is 330 g/mol. The highest BCUT2D eigenvalue weighted by Gasteiger charge is 2.37. The Kier molecular flexibility index (Phi) is 9.99. The van der Waals surface area contributed by atoms with Crippen LogP contribution in [0, 0.1) is 0 Å². The first-order valence-electron chi connectivity index (χ1n) is 8.83. The summed E-state index contributed by atoms with van der Waals surface area (Å²) in [4.78, 5) is 0. The first-order valence-corrected chi connectivity index (χ1v) is 8.83. The minimum atomic E-state index is -0.695. The SMILES string of the molecule is C=CCC1(CC(O)CCC[C@H](C[C@H](O)CCC)OC)OCCO1. The zero-order valence-corrected chi connectivity index (χ0v) is 14.7. The van der Waals surface area contributed by atoms with Crippen molar-refractivity contribution in [2.45, 2.75) is 82.4 Å². The van der Waals surface area contributed by atoms with Crippen LogP contribution in [0.3, 0.4) is 0 Å². The molecule has 23 heavy (non-hydrogen) atoms. The van der Waals surface area contributed by atoms with E-state index in [-0.39, 0.29) is 12.2 Å². The van der Waals surface area contributed by atoms with Gasteiger partial charge in [-0.1, -0.05) is 19.4 Å². The third-order valence-electron chi connectivity index (χ3n) is 4.37. The molecule has 1 aliphatic rings. The van der Waals surface area contributed by atoms with Crippen LogP contribution in [-0.4, -0.2) is 54.6 Å². The van der Waals surface area contributed by atoms with Gasteiger partial charge in [-0.05, 0) is 32.1 Å². The Morgan fingerprint density at radius 3 is 2.43 bits per heavy atom. The minimum absolute atomic E-state index is 0.0462. The molecule has 5 nitrogen and oxygen atoms in total. The molecule has 1 rings (SSSR count). The molecule has 0 radical (unpaired) electrons. The van der Waals surface area contributed by atoms with Crippen molar-refractivity contribution in [3.8, 4) is 0 Å². The lowest BCUT2D eigenvalue weighted by atomic mass is 9.98. The van der Waals surface area contributed by atoms with E-state index < -0.39 is 11.9 Å². The summed E-state index contributed by atoms with van der Waals surface area (Å²) >= 11 is 0. The fraction of sp³-hybridized carbons (Fsp3) is 0.889. The number of methoxy groups -OCH3 is 1. The van der Waals surface area contributed by atoms with Crippen molar-refractivity contribution in [1.82, 2.24) is 0 Å². The predicted molar refractivity (Wildman–Crippen MR) is 90.3 cm³/mol. The quantitative estimate of drug-likeness (QED) is 0.508. The maximum atomic E-state index is 10.3. The Labute approximate surface area is 140 Å². The molecule has 0 aromatic heterocycles. The first-order chi connectivity index (χ1) is 11.0. The van der Waals surface area contributed by atoms with Crippen molar-refractivity contribution >= 4 is 0 Å². The molecule has 136 valence electrons. The van der Waals surface area contributed by atoms with Gasteiger partial charge in [0.05, 0.1) is 31.5 Å². The molecule has 0 aromatic rings.